The van der Waals surface area contributed by atoms with Crippen LogP contribution in [0.5, 0.6) is 5.75 Å². The summed E-state index contributed by atoms with van der Waals surface area (Å²) in [5.41, 5.74) is 2.18. The van der Waals surface area contributed by atoms with Gasteiger partial charge in [-0.2, -0.15) is 0 Å². The van der Waals surface area contributed by atoms with Gasteiger partial charge in [0.25, 0.3) is 0 Å². The van der Waals surface area contributed by atoms with Crippen molar-refractivity contribution in [3.63, 3.8) is 0 Å². The molecule has 1 aromatic carbocycles. The first-order valence-electron chi connectivity index (χ1n) is 6.55. The number of benzene rings is 1. The maximum Gasteiger partial charge on any atom is 0.151 e. The van der Waals surface area contributed by atoms with E-state index < -0.39 is 15.1 Å². The van der Waals surface area contributed by atoms with Crippen LogP contribution in [0, 0.1) is 0 Å². The number of aryl methyl sites for hydroxylation is 1. The molecule has 0 saturated heterocycles. The molecule has 106 valence electrons. The Labute approximate surface area is 115 Å². The first kappa shape index (κ1) is 14.3. The van der Waals surface area contributed by atoms with Crippen molar-refractivity contribution in [2.24, 2.45) is 0 Å². The van der Waals surface area contributed by atoms with Crippen molar-refractivity contribution in [1.29, 1.82) is 0 Å². The Morgan fingerprint density at radius 3 is 2.74 bits per heavy atom. The zero-order valence-electron chi connectivity index (χ0n) is 11.6. The number of sulfone groups is 1. The lowest BCUT2D eigenvalue weighted by Crippen LogP contribution is -2.33. The Kier molecular flexibility index (Phi) is 4.16. The molecule has 0 radical (unpaired) electrons. The quantitative estimate of drug-likeness (QED) is 0.914. The van der Waals surface area contributed by atoms with E-state index in [1.807, 2.05) is 12.1 Å². The highest BCUT2D eigenvalue weighted by atomic mass is 32.2. The second kappa shape index (κ2) is 5.51. The molecule has 0 spiro atoms. The average molecular weight is 283 g/mol. The Morgan fingerprint density at radius 2 is 2.11 bits per heavy atom. The molecule has 0 aromatic heterocycles. The maximum absolute atomic E-state index is 11.7. The van der Waals surface area contributed by atoms with Crippen molar-refractivity contribution >= 4 is 9.84 Å². The van der Waals surface area contributed by atoms with E-state index in [9.17, 15) is 8.42 Å². The van der Waals surface area contributed by atoms with E-state index in [-0.39, 0.29) is 6.04 Å². The smallest absolute Gasteiger partial charge is 0.151 e. The number of hydrogen-bond acceptors (Lipinski definition) is 4. The lowest BCUT2D eigenvalue weighted by atomic mass is 9.98. The second-order valence-electron chi connectivity index (χ2n) is 5.12. The highest BCUT2D eigenvalue weighted by Crippen LogP contribution is 2.30. The van der Waals surface area contributed by atoms with Gasteiger partial charge in [-0.05, 0) is 44.0 Å². The third-order valence-electron chi connectivity index (χ3n) is 3.75. The molecule has 1 heterocycles. The fraction of sp³-hybridized carbons (Fsp3) is 0.571. The number of nitrogens with one attached hydrogen (secondary N) is 1. The largest absolute Gasteiger partial charge is 0.493 e. The minimum Gasteiger partial charge on any atom is -0.493 e. The summed E-state index contributed by atoms with van der Waals surface area (Å²) < 4.78 is 29.0. The molecule has 1 N–H and O–H groups in total. The summed E-state index contributed by atoms with van der Waals surface area (Å²) in [7, 11) is -1.28. The highest BCUT2D eigenvalue weighted by Gasteiger charge is 2.26. The number of fused-ring (bicyclic) bond motifs is 1. The predicted octanol–water partition coefficient (Wildman–Crippen LogP) is 1.71. The Balaban J connectivity index is 2.34. The number of hydrogen-bond donors (Lipinski definition) is 1. The average Bonchev–Trinajstić information content (AvgIpc) is 2.38. The van der Waals surface area contributed by atoms with E-state index in [0.29, 0.717) is 0 Å². The van der Waals surface area contributed by atoms with Gasteiger partial charge in [0.15, 0.2) is 9.84 Å². The summed E-state index contributed by atoms with van der Waals surface area (Å²) in [4.78, 5) is 0. The molecule has 0 fully saturated rings. The summed E-state index contributed by atoms with van der Waals surface area (Å²) in [5.74, 6) is 0.928. The molecular formula is C14H21NO3S. The van der Waals surface area contributed by atoms with Crippen molar-refractivity contribution in [2.45, 2.75) is 31.1 Å². The van der Waals surface area contributed by atoms with Gasteiger partial charge in [-0.15, -0.1) is 0 Å². The van der Waals surface area contributed by atoms with E-state index in [2.05, 4.69) is 11.4 Å². The summed E-state index contributed by atoms with van der Waals surface area (Å²) in [6.07, 6.45) is 3.29. The molecule has 0 saturated carbocycles. The lowest BCUT2D eigenvalue weighted by Gasteiger charge is -2.25. The van der Waals surface area contributed by atoms with Crippen LogP contribution in [0.25, 0.3) is 0 Å². The molecule has 1 aromatic rings. The van der Waals surface area contributed by atoms with Gasteiger partial charge >= 0.3 is 0 Å². The minimum absolute atomic E-state index is 0.192. The van der Waals surface area contributed by atoms with Crippen LogP contribution >= 0.6 is 0 Å². The van der Waals surface area contributed by atoms with E-state index in [4.69, 9.17) is 4.74 Å². The SMILES string of the molecule is CNC(c1ccc2c(c1)CCCO2)C(C)S(C)(=O)=O. The Bertz CT molecular complexity index is 554. The van der Waals surface area contributed by atoms with Crippen LogP contribution in [-0.2, 0) is 16.3 Å². The fourth-order valence-electron chi connectivity index (χ4n) is 2.49. The van der Waals surface area contributed by atoms with Gasteiger partial charge in [-0.3, -0.25) is 0 Å². The number of ether oxygens (including phenoxy) is 1. The Hall–Kier alpha value is -1.07. The van der Waals surface area contributed by atoms with Crippen LogP contribution in [-0.4, -0.2) is 33.6 Å². The van der Waals surface area contributed by atoms with Gasteiger partial charge in [-0.25, -0.2) is 8.42 Å². The van der Waals surface area contributed by atoms with Crippen molar-refractivity contribution in [2.75, 3.05) is 19.9 Å². The monoisotopic (exact) mass is 283 g/mol. The van der Waals surface area contributed by atoms with Crippen LogP contribution in [0.1, 0.15) is 30.5 Å². The van der Waals surface area contributed by atoms with E-state index in [0.717, 1.165) is 30.8 Å². The predicted molar refractivity (Wildman–Crippen MR) is 76.4 cm³/mol. The van der Waals surface area contributed by atoms with Crippen molar-refractivity contribution in [3.8, 4) is 5.75 Å². The molecule has 0 aliphatic carbocycles. The summed E-state index contributed by atoms with van der Waals surface area (Å²) in [6.45, 7) is 2.51. The van der Waals surface area contributed by atoms with Gasteiger partial charge in [-0.1, -0.05) is 12.1 Å². The maximum atomic E-state index is 11.7. The van der Waals surface area contributed by atoms with Crippen molar-refractivity contribution in [1.82, 2.24) is 5.32 Å². The van der Waals surface area contributed by atoms with Gasteiger partial charge in [0.05, 0.1) is 11.9 Å². The molecule has 4 nitrogen and oxygen atoms in total. The summed E-state index contributed by atoms with van der Waals surface area (Å²) in [5, 5.41) is 2.65. The van der Waals surface area contributed by atoms with Crippen LogP contribution in [0.2, 0.25) is 0 Å². The topological polar surface area (TPSA) is 55.4 Å². The third kappa shape index (κ3) is 3.09. The van der Waals surface area contributed by atoms with E-state index >= 15 is 0 Å². The van der Waals surface area contributed by atoms with E-state index in [1.54, 1.807) is 14.0 Å². The molecule has 0 bridgehead atoms. The van der Waals surface area contributed by atoms with Crippen LogP contribution < -0.4 is 10.1 Å². The first-order chi connectivity index (χ1) is 8.93. The first-order valence-corrected chi connectivity index (χ1v) is 8.50. The van der Waals surface area contributed by atoms with Gasteiger partial charge < -0.3 is 10.1 Å². The molecule has 2 unspecified atom stereocenters. The molecule has 1 aliphatic heterocycles. The standard InChI is InChI=1S/C14H21NO3S/c1-10(19(3,16)17)14(15-2)12-6-7-13-11(9-12)5-4-8-18-13/h6-7,9-10,14-15H,4-5,8H2,1-3H3. The number of rotatable bonds is 4. The Morgan fingerprint density at radius 1 is 1.37 bits per heavy atom. The molecular weight excluding hydrogens is 262 g/mol. The van der Waals surface area contributed by atoms with Crippen molar-refractivity contribution in [3.05, 3.63) is 29.3 Å². The second-order valence-corrected chi connectivity index (χ2v) is 7.52. The van der Waals surface area contributed by atoms with Crippen LogP contribution in [0.15, 0.2) is 18.2 Å². The molecule has 1 aliphatic rings. The molecule has 2 rings (SSSR count). The molecule has 2 atom stereocenters. The molecule has 0 amide bonds. The normalized spacial score (nSPS) is 18.3. The summed E-state index contributed by atoms with van der Waals surface area (Å²) >= 11 is 0. The van der Waals surface area contributed by atoms with Gasteiger partial charge in [0.1, 0.15) is 5.75 Å². The van der Waals surface area contributed by atoms with E-state index in [1.165, 1.54) is 11.8 Å². The fourth-order valence-corrected chi connectivity index (χ4v) is 3.28. The van der Waals surface area contributed by atoms with Crippen molar-refractivity contribution < 1.29 is 13.2 Å². The minimum atomic E-state index is -3.08. The lowest BCUT2D eigenvalue weighted by molar-refractivity contribution is 0.288. The zero-order valence-corrected chi connectivity index (χ0v) is 12.5. The third-order valence-corrected chi connectivity index (χ3v) is 5.37. The zero-order chi connectivity index (χ0) is 14.0. The summed E-state index contributed by atoms with van der Waals surface area (Å²) in [6, 6.07) is 5.77. The highest BCUT2D eigenvalue weighted by molar-refractivity contribution is 7.91. The van der Waals surface area contributed by atoms with Crippen LogP contribution in [0.3, 0.4) is 0 Å². The van der Waals surface area contributed by atoms with Crippen LogP contribution in [0.4, 0.5) is 0 Å². The van der Waals surface area contributed by atoms with Gasteiger partial charge in [0, 0.05) is 12.3 Å². The molecule has 5 heteroatoms. The molecule has 19 heavy (non-hydrogen) atoms. The van der Waals surface area contributed by atoms with Gasteiger partial charge in [0.2, 0.25) is 0 Å².